The molecule has 0 saturated carbocycles. The molecule has 0 saturated heterocycles. The van der Waals surface area contributed by atoms with Gasteiger partial charge in [-0.2, -0.15) is 0 Å². The minimum atomic E-state index is 0.370. The van der Waals surface area contributed by atoms with Gasteiger partial charge in [-0.15, -0.1) is 0 Å². The van der Waals surface area contributed by atoms with Gasteiger partial charge in [0.25, 0.3) is 0 Å². The lowest BCUT2D eigenvalue weighted by atomic mass is 9.96. The second-order valence-corrected chi connectivity index (χ2v) is 2.92. The number of hydrogen-bond donors (Lipinski definition) is 0. The van der Waals surface area contributed by atoms with E-state index in [1.165, 1.54) is 0 Å². The van der Waals surface area contributed by atoms with E-state index >= 15 is 0 Å². The zero-order chi connectivity index (χ0) is 10.4. The van der Waals surface area contributed by atoms with Crippen molar-refractivity contribution >= 4 is 13.3 Å². The van der Waals surface area contributed by atoms with Crippen LogP contribution < -0.4 is 5.46 Å². The third-order valence-electron chi connectivity index (χ3n) is 1.55. The smallest absolute Gasteiger partial charge is 0.130 e. The summed E-state index contributed by atoms with van der Waals surface area (Å²) < 4.78 is 0. The lowest BCUT2D eigenvalue weighted by molar-refractivity contribution is 0.769. The van der Waals surface area contributed by atoms with Crippen LogP contribution in [0.25, 0.3) is 0 Å². The predicted molar refractivity (Wildman–Crippen MR) is 57.6 cm³/mol. The van der Waals surface area contributed by atoms with Gasteiger partial charge >= 0.3 is 0 Å². The lowest BCUT2D eigenvalue weighted by Gasteiger charge is -2.05. The summed E-state index contributed by atoms with van der Waals surface area (Å²) >= 11 is 0. The molecule has 0 bridgehead atoms. The third kappa shape index (κ3) is 3.58. The van der Waals surface area contributed by atoms with Crippen molar-refractivity contribution in [1.29, 1.82) is 0 Å². The van der Waals surface area contributed by atoms with Gasteiger partial charge in [0, 0.05) is 17.8 Å². The van der Waals surface area contributed by atoms with Crippen molar-refractivity contribution in [3.8, 4) is 0 Å². The quantitative estimate of drug-likeness (QED) is 0.609. The molecule has 1 aromatic rings. The molecule has 0 fully saturated rings. The van der Waals surface area contributed by atoms with E-state index in [1.807, 2.05) is 20.8 Å². The molecule has 0 atom stereocenters. The van der Waals surface area contributed by atoms with Crippen LogP contribution in [-0.2, 0) is 0 Å². The van der Waals surface area contributed by atoms with Crippen LogP contribution in [0.3, 0.4) is 0 Å². The van der Waals surface area contributed by atoms with Crippen LogP contribution in [0.4, 0.5) is 0 Å². The van der Waals surface area contributed by atoms with Crippen molar-refractivity contribution < 1.29 is 0 Å². The SMILES string of the molecule is CC.[B]c1cnc(C(C)C)nc1C. The van der Waals surface area contributed by atoms with Gasteiger partial charge < -0.3 is 0 Å². The van der Waals surface area contributed by atoms with E-state index in [9.17, 15) is 0 Å². The summed E-state index contributed by atoms with van der Waals surface area (Å²) in [5, 5.41) is 0. The highest BCUT2D eigenvalue weighted by atomic mass is 14.9. The van der Waals surface area contributed by atoms with E-state index < -0.39 is 0 Å². The summed E-state index contributed by atoms with van der Waals surface area (Å²) in [5.74, 6) is 1.23. The molecule has 0 N–H and O–H groups in total. The Morgan fingerprint density at radius 1 is 1.31 bits per heavy atom. The van der Waals surface area contributed by atoms with E-state index in [0.29, 0.717) is 11.4 Å². The maximum atomic E-state index is 5.56. The van der Waals surface area contributed by atoms with Crippen LogP contribution in [0.1, 0.15) is 45.1 Å². The molecule has 0 aliphatic carbocycles. The van der Waals surface area contributed by atoms with E-state index in [-0.39, 0.29) is 0 Å². The largest absolute Gasteiger partial charge is 0.242 e. The first kappa shape index (κ1) is 12.1. The van der Waals surface area contributed by atoms with Crippen LogP contribution in [0.2, 0.25) is 0 Å². The summed E-state index contributed by atoms with van der Waals surface area (Å²) in [5.41, 5.74) is 1.53. The first-order valence-electron chi connectivity index (χ1n) is 4.70. The Morgan fingerprint density at radius 2 is 1.85 bits per heavy atom. The van der Waals surface area contributed by atoms with Crippen molar-refractivity contribution in [2.24, 2.45) is 0 Å². The van der Waals surface area contributed by atoms with E-state index in [0.717, 1.165) is 11.5 Å². The molecule has 1 heterocycles. The minimum absolute atomic E-state index is 0.370. The molecule has 0 amide bonds. The van der Waals surface area contributed by atoms with Crippen LogP contribution in [0.5, 0.6) is 0 Å². The van der Waals surface area contributed by atoms with Crippen molar-refractivity contribution in [2.75, 3.05) is 0 Å². The molecule has 2 radical (unpaired) electrons. The van der Waals surface area contributed by atoms with Crippen molar-refractivity contribution in [2.45, 2.75) is 40.5 Å². The number of aromatic nitrogens is 2. The first-order chi connectivity index (χ1) is 6.11. The topological polar surface area (TPSA) is 25.8 Å². The molecule has 1 rings (SSSR count). The van der Waals surface area contributed by atoms with Crippen molar-refractivity contribution in [3.63, 3.8) is 0 Å². The number of nitrogens with zero attached hydrogens (tertiary/aromatic N) is 2. The molecule has 1 aromatic heterocycles. The molecule has 0 aliphatic rings. The highest BCUT2D eigenvalue weighted by molar-refractivity contribution is 6.32. The molecule has 2 nitrogen and oxygen atoms in total. The van der Waals surface area contributed by atoms with E-state index in [2.05, 4.69) is 23.8 Å². The second kappa shape index (κ2) is 5.73. The Hall–Kier alpha value is -0.855. The molecule has 0 unspecified atom stereocenters. The summed E-state index contributed by atoms with van der Waals surface area (Å²) in [6, 6.07) is 0. The van der Waals surface area contributed by atoms with Gasteiger partial charge in [0.2, 0.25) is 0 Å². The summed E-state index contributed by atoms with van der Waals surface area (Å²) in [6.07, 6.45) is 1.66. The Kier molecular flexibility index (Phi) is 5.36. The number of rotatable bonds is 1. The fourth-order valence-electron chi connectivity index (χ4n) is 0.773. The molecule has 0 aromatic carbocycles. The zero-order valence-corrected chi connectivity index (χ0v) is 9.13. The number of hydrogen-bond acceptors (Lipinski definition) is 2. The minimum Gasteiger partial charge on any atom is -0.242 e. The molecule has 0 spiro atoms. The Morgan fingerprint density at radius 3 is 2.23 bits per heavy atom. The molecule has 13 heavy (non-hydrogen) atoms. The average molecular weight is 176 g/mol. The molecule has 3 heteroatoms. The monoisotopic (exact) mass is 176 g/mol. The van der Waals surface area contributed by atoms with Crippen LogP contribution in [0, 0.1) is 6.92 Å². The van der Waals surface area contributed by atoms with Crippen LogP contribution in [0.15, 0.2) is 6.20 Å². The van der Waals surface area contributed by atoms with Crippen molar-refractivity contribution in [1.82, 2.24) is 9.97 Å². The Bertz CT molecular complexity index is 259. The van der Waals surface area contributed by atoms with Crippen LogP contribution >= 0.6 is 0 Å². The Balaban J connectivity index is 0.000000671. The summed E-state index contributed by atoms with van der Waals surface area (Å²) in [6.45, 7) is 10.0. The fourth-order valence-corrected chi connectivity index (χ4v) is 0.773. The number of aryl methyl sites for hydroxylation is 1. The Labute approximate surface area is 82.2 Å². The normalized spacial score (nSPS) is 9.38. The average Bonchev–Trinajstić information content (AvgIpc) is 2.13. The first-order valence-corrected chi connectivity index (χ1v) is 4.70. The van der Waals surface area contributed by atoms with Gasteiger partial charge in [-0.05, 0) is 6.92 Å². The highest BCUT2D eigenvalue weighted by Gasteiger charge is 2.02. The molecule has 70 valence electrons. The van der Waals surface area contributed by atoms with Gasteiger partial charge in [-0.1, -0.05) is 33.2 Å². The maximum Gasteiger partial charge on any atom is 0.130 e. The maximum absolute atomic E-state index is 5.56. The van der Waals surface area contributed by atoms with Crippen LogP contribution in [-0.4, -0.2) is 17.8 Å². The van der Waals surface area contributed by atoms with E-state index in [1.54, 1.807) is 6.20 Å². The molecular formula is C10H17BN2. The lowest BCUT2D eigenvalue weighted by Crippen LogP contribution is -2.13. The fraction of sp³-hybridized carbons (Fsp3) is 0.600. The van der Waals surface area contributed by atoms with Gasteiger partial charge in [0.05, 0.1) is 0 Å². The predicted octanol–water partition coefficient (Wildman–Crippen LogP) is 1.73. The zero-order valence-electron chi connectivity index (χ0n) is 9.13. The second-order valence-electron chi connectivity index (χ2n) is 2.92. The summed E-state index contributed by atoms with van der Waals surface area (Å²) in [4.78, 5) is 8.34. The standard InChI is InChI=1S/C8H11BN2.C2H6/c1-5(2)8-10-4-7(9)6(3)11-8;1-2/h4-5H,1-3H3;1-2H3. The third-order valence-corrected chi connectivity index (χ3v) is 1.55. The highest BCUT2D eigenvalue weighted by Crippen LogP contribution is 2.06. The summed E-state index contributed by atoms with van der Waals surface area (Å²) in [7, 11) is 5.56. The van der Waals surface area contributed by atoms with E-state index in [4.69, 9.17) is 7.85 Å². The molecule has 0 aliphatic heterocycles. The van der Waals surface area contributed by atoms with Gasteiger partial charge in [0.1, 0.15) is 13.7 Å². The molecular weight excluding hydrogens is 159 g/mol. The van der Waals surface area contributed by atoms with Crippen molar-refractivity contribution in [3.05, 3.63) is 17.7 Å². The van der Waals surface area contributed by atoms with Gasteiger partial charge in [-0.25, -0.2) is 9.97 Å². The van der Waals surface area contributed by atoms with Gasteiger partial charge in [0.15, 0.2) is 0 Å². The van der Waals surface area contributed by atoms with Gasteiger partial charge in [-0.3, -0.25) is 0 Å².